The van der Waals surface area contributed by atoms with Crippen LogP contribution in [0, 0.1) is 10.1 Å². The third-order valence-corrected chi connectivity index (χ3v) is 3.83. The number of ketones is 1. The molecule has 0 radical (unpaired) electrons. The first-order valence-electron chi connectivity index (χ1n) is 6.39. The van der Waals surface area contributed by atoms with Crippen molar-refractivity contribution in [1.29, 1.82) is 0 Å². The summed E-state index contributed by atoms with van der Waals surface area (Å²) in [6.07, 6.45) is 0. The lowest BCUT2D eigenvalue weighted by atomic mass is 10.1. The molecule has 0 N–H and O–H groups in total. The molecule has 0 spiro atoms. The number of nitrogens with zero attached hydrogens (tertiary/aromatic N) is 2. The van der Waals surface area contributed by atoms with Crippen molar-refractivity contribution >= 4 is 34.3 Å². The lowest BCUT2D eigenvalue weighted by Gasteiger charge is -1.98. The molecule has 0 unspecified atom stereocenters. The fraction of sp³-hybridized carbons (Fsp3) is 0.0667. The number of fused-ring (bicyclic) bond motifs is 1. The minimum atomic E-state index is -0.499. The van der Waals surface area contributed by atoms with Crippen molar-refractivity contribution in [1.82, 2.24) is 4.98 Å². The number of oxazole rings is 1. The molecule has 0 fully saturated rings. The van der Waals surface area contributed by atoms with Crippen molar-refractivity contribution in [3.05, 3.63) is 64.2 Å². The molecule has 2 aromatic carbocycles. The van der Waals surface area contributed by atoms with Crippen LogP contribution < -0.4 is 0 Å². The summed E-state index contributed by atoms with van der Waals surface area (Å²) in [6, 6.07) is 12.9. The number of benzene rings is 2. The van der Waals surface area contributed by atoms with Crippen molar-refractivity contribution in [3.8, 4) is 0 Å². The molecule has 0 saturated heterocycles. The zero-order chi connectivity index (χ0) is 15.5. The van der Waals surface area contributed by atoms with Crippen LogP contribution in [0.1, 0.15) is 10.4 Å². The first-order valence-corrected chi connectivity index (χ1v) is 7.38. The maximum atomic E-state index is 12.1. The fourth-order valence-corrected chi connectivity index (χ4v) is 2.63. The Morgan fingerprint density at radius 3 is 2.59 bits per heavy atom. The van der Waals surface area contributed by atoms with Gasteiger partial charge in [-0.25, -0.2) is 4.98 Å². The summed E-state index contributed by atoms with van der Waals surface area (Å²) in [5.74, 6) is 0.0205. The van der Waals surface area contributed by atoms with Crippen molar-refractivity contribution in [3.63, 3.8) is 0 Å². The zero-order valence-electron chi connectivity index (χ0n) is 11.3. The van der Waals surface area contributed by atoms with Gasteiger partial charge in [0.15, 0.2) is 11.4 Å². The van der Waals surface area contributed by atoms with E-state index in [-0.39, 0.29) is 17.2 Å². The maximum absolute atomic E-state index is 12.1. The SMILES string of the molecule is O=C(CSc1nc2ccccc2o1)c1ccc([N+](=O)[O-])cc1. The van der Waals surface area contributed by atoms with Crippen LogP contribution >= 0.6 is 11.8 Å². The molecule has 1 heterocycles. The zero-order valence-corrected chi connectivity index (χ0v) is 12.1. The van der Waals surface area contributed by atoms with Gasteiger partial charge < -0.3 is 4.42 Å². The lowest BCUT2D eigenvalue weighted by molar-refractivity contribution is -0.384. The van der Waals surface area contributed by atoms with Crippen LogP contribution in [-0.4, -0.2) is 21.4 Å². The van der Waals surface area contributed by atoms with Gasteiger partial charge in [0.25, 0.3) is 10.9 Å². The van der Waals surface area contributed by atoms with E-state index < -0.39 is 4.92 Å². The number of para-hydroxylation sites is 2. The highest BCUT2D eigenvalue weighted by molar-refractivity contribution is 7.99. The molecular formula is C15H10N2O4S. The molecule has 0 aliphatic heterocycles. The topological polar surface area (TPSA) is 86.2 Å². The maximum Gasteiger partial charge on any atom is 0.269 e. The van der Waals surface area contributed by atoms with Gasteiger partial charge >= 0.3 is 0 Å². The quantitative estimate of drug-likeness (QED) is 0.309. The van der Waals surface area contributed by atoms with Gasteiger partial charge in [0.05, 0.1) is 10.7 Å². The predicted molar refractivity (Wildman–Crippen MR) is 82.2 cm³/mol. The first kappa shape index (κ1) is 14.3. The number of non-ortho nitro benzene ring substituents is 1. The van der Waals surface area contributed by atoms with Crippen LogP contribution in [0.5, 0.6) is 0 Å². The average Bonchev–Trinajstić information content (AvgIpc) is 2.95. The summed E-state index contributed by atoms with van der Waals surface area (Å²) in [4.78, 5) is 26.4. The van der Waals surface area contributed by atoms with Gasteiger partial charge in [-0.15, -0.1) is 0 Å². The molecule has 0 aliphatic rings. The van der Waals surface area contributed by atoms with Crippen molar-refractivity contribution in [2.75, 3.05) is 5.75 Å². The Morgan fingerprint density at radius 2 is 1.91 bits per heavy atom. The second-order valence-electron chi connectivity index (χ2n) is 4.46. The summed E-state index contributed by atoms with van der Waals surface area (Å²) < 4.78 is 5.52. The van der Waals surface area contributed by atoms with E-state index in [1.807, 2.05) is 24.3 Å². The van der Waals surface area contributed by atoms with Crippen molar-refractivity contribution < 1.29 is 14.1 Å². The molecule has 6 nitrogen and oxygen atoms in total. The van der Waals surface area contributed by atoms with E-state index in [4.69, 9.17) is 4.42 Å². The largest absolute Gasteiger partial charge is 0.431 e. The normalized spacial score (nSPS) is 10.7. The highest BCUT2D eigenvalue weighted by Gasteiger charge is 2.12. The number of nitro groups is 1. The molecule has 0 bridgehead atoms. The van der Waals surface area contributed by atoms with E-state index in [0.29, 0.717) is 16.4 Å². The van der Waals surface area contributed by atoms with Crippen LogP contribution in [0.15, 0.2) is 58.2 Å². The number of nitro benzene ring substituents is 1. The summed E-state index contributed by atoms with van der Waals surface area (Å²) in [6.45, 7) is 0. The van der Waals surface area contributed by atoms with Gasteiger partial charge in [0, 0.05) is 17.7 Å². The average molecular weight is 314 g/mol. The molecule has 0 aliphatic carbocycles. The molecule has 1 aromatic heterocycles. The highest BCUT2D eigenvalue weighted by atomic mass is 32.2. The van der Waals surface area contributed by atoms with E-state index in [9.17, 15) is 14.9 Å². The van der Waals surface area contributed by atoms with Crippen LogP contribution in [-0.2, 0) is 0 Å². The van der Waals surface area contributed by atoms with E-state index >= 15 is 0 Å². The smallest absolute Gasteiger partial charge is 0.269 e. The number of aromatic nitrogens is 1. The number of rotatable bonds is 5. The Balaban J connectivity index is 1.67. The fourth-order valence-electron chi connectivity index (χ4n) is 1.89. The van der Waals surface area contributed by atoms with E-state index in [0.717, 1.165) is 5.52 Å². The Kier molecular flexibility index (Phi) is 3.88. The minimum absolute atomic E-state index is 0.0387. The predicted octanol–water partition coefficient (Wildman–Crippen LogP) is 3.71. The summed E-state index contributed by atoms with van der Waals surface area (Å²) in [7, 11) is 0. The van der Waals surface area contributed by atoms with Crippen LogP contribution in [0.2, 0.25) is 0 Å². The first-order chi connectivity index (χ1) is 10.6. The molecule has 0 saturated carbocycles. The monoisotopic (exact) mass is 314 g/mol. The second-order valence-corrected chi connectivity index (χ2v) is 5.39. The van der Waals surface area contributed by atoms with Gasteiger partial charge in [-0.2, -0.15) is 0 Å². The molecular weight excluding hydrogens is 304 g/mol. The Bertz CT molecular complexity index is 809. The van der Waals surface area contributed by atoms with Crippen LogP contribution in [0.4, 0.5) is 5.69 Å². The van der Waals surface area contributed by atoms with E-state index in [1.165, 1.54) is 36.0 Å². The van der Waals surface area contributed by atoms with Gasteiger partial charge in [-0.1, -0.05) is 23.9 Å². The molecule has 3 aromatic rings. The highest BCUT2D eigenvalue weighted by Crippen LogP contribution is 2.24. The van der Waals surface area contributed by atoms with Gasteiger partial charge in [-0.3, -0.25) is 14.9 Å². The van der Waals surface area contributed by atoms with Gasteiger partial charge in [0.1, 0.15) is 5.52 Å². The van der Waals surface area contributed by atoms with Crippen LogP contribution in [0.25, 0.3) is 11.1 Å². The number of hydrogen-bond donors (Lipinski definition) is 0. The molecule has 7 heteroatoms. The Labute approximate surface area is 129 Å². The standard InChI is InChI=1S/C15H10N2O4S/c18-13(10-5-7-11(8-6-10)17(19)20)9-22-15-16-12-3-1-2-4-14(12)21-15/h1-8H,9H2. The Hall–Kier alpha value is -2.67. The number of carbonyl (C=O) groups is 1. The lowest BCUT2D eigenvalue weighted by Crippen LogP contribution is -2.02. The molecule has 110 valence electrons. The third-order valence-electron chi connectivity index (χ3n) is 3.00. The summed E-state index contributed by atoms with van der Waals surface area (Å²) in [5.41, 5.74) is 1.80. The van der Waals surface area contributed by atoms with E-state index in [2.05, 4.69) is 4.98 Å². The van der Waals surface area contributed by atoms with Crippen molar-refractivity contribution in [2.24, 2.45) is 0 Å². The van der Waals surface area contributed by atoms with Crippen molar-refractivity contribution in [2.45, 2.75) is 5.22 Å². The van der Waals surface area contributed by atoms with Gasteiger partial charge in [0.2, 0.25) is 0 Å². The molecule has 22 heavy (non-hydrogen) atoms. The minimum Gasteiger partial charge on any atom is -0.431 e. The summed E-state index contributed by atoms with van der Waals surface area (Å²) >= 11 is 1.20. The number of thioether (sulfide) groups is 1. The number of Topliss-reactive ketones (excluding diaryl/α,β-unsaturated/α-hetero) is 1. The Morgan fingerprint density at radius 1 is 1.18 bits per heavy atom. The van der Waals surface area contributed by atoms with Gasteiger partial charge in [-0.05, 0) is 24.3 Å². The number of carbonyl (C=O) groups excluding carboxylic acids is 1. The van der Waals surface area contributed by atoms with Crippen LogP contribution in [0.3, 0.4) is 0 Å². The molecule has 3 rings (SSSR count). The molecule has 0 amide bonds. The molecule has 0 atom stereocenters. The summed E-state index contributed by atoms with van der Waals surface area (Å²) in [5, 5.41) is 11.0. The van der Waals surface area contributed by atoms with E-state index in [1.54, 1.807) is 0 Å². The third kappa shape index (κ3) is 2.99. The number of hydrogen-bond acceptors (Lipinski definition) is 6. The second kappa shape index (κ2) is 5.98.